The quantitative estimate of drug-likeness (QED) is 0.282. The van der Waals surface area contributed by atoms with E-state index in [1.807, 2.05) is 6.20 Å². The van der Waals surface area contributed by atoms with E-state index in [1.165, 1.54) is 23.6 Å². The molecular formula is C31H31N5. The van der Waals surface area contributed by atoms with E-state index < -0.39 is 0 Å². The first-order valence-corrected chi connectivity index (χ1v) is 13.0. The van der Waals surface area contributed by atoms with Gasteiger partial charge in [-0.05, 0) is 74.1 Å². The van der Waals surface area contributed by atoms with Crippen LogP contribution in [0.3, 0.4) is 0 Å². The molecule has 180 valence electrons. The van der Waals surface area contributed by atoms with Crippen molar-refractivity contribution in [1.82, 2.24) is 24.8 Å². The molecule has 1 aliphatic rings. The number of likely N-dealkylation sites (tertiary alicyclic amines) is 1. The second-order valence-corrected chi connectivity index (χ2v) is 9.83. The maximum Gasteiger partial charge on any atom is 0.124 e. The van der Waals surface area contributed by atoms with Crippen LogP contribution in [0.25, 0.3) is 33.1 Å². The smallest absolute Gasteiger partial charge is 0.124 e. The van der Waals surface area contributed by atoms with E-state index in [2.05, 4.69) is 100 Å². The van der Waals surface area contributed by atoms with Gasteiger partial charge >= 0.3 is 0 Å². The number of aromatic nitrogens is 4. The van der Waals surface area contributed by atoms with Crippen molar-refractivity contribution < 1.29 is 0 Å². The minimum Gasteiger partial charge on any atom is -0.342 e. The number of rotatable bonds is 5. The number of nitrogens with one attached hydrogen (secondary N) is 2. The first-order valence-electron chi connectivity index (χ1n) is 13.0. The highest BCUT2D eigenvalue weighted by atomic mass is 15.2. The van der Waals surface area contributed by atoms with Crippen LogP contribution in [0.4, 0.5) is 0 Å². The molecule has 0 saturated carbocycles. The molecule has 2 N–H and O–H groups in total. The molecule has 0 amide bonds. The minimum absolute atomic E-state index is 0.389. The van der Waals surface area contributed by atoms with Gasteiger partial charge in [-0.1, -0.05) is 49.5 Å². The standard InChI is InChI=1S/C31H31N5/c1-3-4-7-29-32-20-27(33-29)23-13-10-21(11-14-23)8-9-22-12-16-25-24(19-22)15-17-26-30(25)35-31(34-26)28-6-5-18-36(28)2/h10-17,19-20,28H,3-7,18H2,1-2H3,(H,32,33)(H,34,35). The summed E-state index contributed by atoms with van der Waals surface area (Å²) in [5.74, 6) is 8.79. The highest BCUT2D eigenvalue weighted by Crippen LogP contribution is 2.32. The first-order chi connectivity index (χ1) is 17.7. The monoisotopic (exact) mass is 473 g/mol. The van der Waals surface area contributed by atoms with Crippen LogP contribution in [-0.4, -0.2) is 38.4 Å². The van der Waals surface area contributed by atoms with Crippen LogP contribution in [0.15, 0.2) is 60.8 Å². The predicted molar refractivity (Wildman–Crippen MR) is 147 cm³/mol. The molecule has 1 atom stereocenters. The third-order valence-corrected chi connectivity index (χ3v) is 7.27. The van der Waals surface area contributed by atoms with Gasteiger partial charge in [0.2, 0.25) is 0 Å². The van der Waals surface area contributed by atoms with E-state index in [9.17, 15) is 0 Å². The number of nitrogens with zero attached hydrogens (tertiary/aromatic N) is 3. The Morgan fingerprint density at radius 2 is 1.83 bits per heavy atom. The number of aryl methyl sites for hydroxylation is 1. The molecule has 36 heavy (non-hydrogen) atoms. The molecule has 5 aromatic rings. The molecule has 1 aliphatic heterocycles. The molecule has 1 unspecified atom stereocenters. The summed E-state index contributed by atoms with van der Waals surface area (Å²) in [6, 6.07) is 19.5. The molecule has 0 spiro atoms. The fourth-order valence-electron chi connectivity index (χ4n) is 5.17. The third kappa shape index (κ3) is 4.41. The van der Waals surface area contributed by atoms with Crippen molar-refractivity contribution in [3.63, 3.8) is 0 Å². The topological polar surface area (TPSA) is 60.6 Å². The van der Waals surface area contributed by atoms with Gasteiger partial charge in [0.05, 0.1) is 29.0 Å². The molecule has 0 bridgehead atoms. The van der Waals surface area contributed by atoms with E-state index in [-0.39, 0.29) is 0 Å². The molecule has 0 aliphatic carbocycles. The summed E-state index contributed by atoms with van der Waals surface area (Å²) in [5, 5.41) is 2.34. The Morgan fingerprint density at radius 1 is 1.00 bits per heavy atom. The van der Waals surface area contributed by atoms with Crippen molar-refractivity contribution in [2.45, 2.75) is 45.1 Å². The average Bonchev–Trinajstić information content (AvgIpc) is 3.65. The first kappa shape index (κ1) is 22.6. The lowest BCUT2D eigenvalue weighted by Gasteiger charge is -2.16. The van der Waals surface area contributed by atoms with E-state index in [0.717, 1.165) is 70.9 Å². The van der Waals surface area contributed by atoms with Crippen LogP contribution >= 0.6 is 0 Å². The van der Waals surface area contributed by atoms with Gasteiger partial charge < -0.3 is 9.97 Å². The van der Waals surface area contributed by atoms with Gasteiger partial charge in [-0.25, -0.2) is 9.97 Å². The SMILES string of the molecule is CCCCc1ncc(-c2ccc(C#Cc3ccc4c(ccc5[nH]c(C6CCCN6C)nc54)c3)cc2)[nH]1. The number of unbranched alkanes of at least 4 members (excludes halogenated alkanes) is 1. The molecular weight excluding hydrogens is 442 g/mol. The molecule has 5 nitrogen and oxygen atoms in total. The Hall–Kier alpha value is -3.88. The number of hydrogen-bond acceptors (Lipinski definition) is 3. The van der Waals surface area contributed by atoms with E-state index in [4.69, 9.17) is 4.98 Å². The van der Waals surface area contributed by atoms with E-state index in [1.54, 1.807) is 0 Å². The van der Waals surface area contributed by atoms with Crippen LogP contribution in [0.1, 0.15) is 61.4 Å². The molecule has 1 fully saturated rings. The van der Waals surface area contributed by atoms with Gasteiger partial charge in [-0.3, -0.25) is 4.90 Å². The Labute approximate surface area is 212 Å². The summed E-state index contributed by atoms with van der Waals surface area (Å²) in [4.78, 5) is 18.9. The lowest BCUT2D eigenvalue weighted by molar-refractivity contribution is 0.307. The summed E-state index contributed by atoms with van der Waals surface area (Å²) < 4.78 is 0. The molecule has 3 aromatic carbocycles. The lowest BCUT2D eigenvalue weighted by atomic mass is 10.1. The molecule has 2 aromatic heterocycles. The minimum atomic E-state index is 0.389. The van der Waals surface area contributed by atoms with Gasteiger partial charge in [0.1, 0.15) is 11.6 Å². The van der Waals surface area contributed by atoms with Crippen LogP contribution in [0.5, 0.6) is 0 Å². The molecule has 3 heterocycles. The zero-order valence-electron chi connectivity index (χ0n) is 20.9. The largest absolute Gasteiger partial charge is 0.342 e. The van der Waals surface area contributed by atoms with Crippen LogP contribution in [0.2, 0.25) is 0 Å². The van der Waals surface area contributed by atoms with Gasteiger partial charge in [0.15, 0.2) is 0 Å². The van der Waals surface area contributed by atoms with Gasteiger partial charge in [-0.15, -0.1) is 0 Å². The number of H-pyrrole nitrogens is 2. The lowest BCUT2D eigenvalue weighted by Crippen LogP contribution is -2.18. The number of benzene rings is 3. The Morgan fingerprint density at radius 3 is 2.64 bits per heavy atom. The third-order valence-electron chi connectivity index (χ3n) is 7.27. The van der Waals surface area contributed by atoms with Gasteiger partial charge in [-0.2, -0.15) is 0 Å². The zero-order valence-corrected chi connectivity index (χ0v) is 20.9. The van der Waals surface area contributed by atoms with Crippen molar-refractivity contribution in [2.24, 2.45) is 0 Å². The highest BCUT2D eigenvalue weighted by molar-refractivity contribution is 6.04. The predicted octanol–water partition coefficient (Wildman–Crippen LogP) is 6.62. The summed E-state index contributed by atoms with van der Waals surface area (Å²) >= 11 is 0. The number of fused-ring (bicyclic) bond motifs is 3. The fraction of sp³-hybridized carbons (Fsp3) is 0.290. The fourth-order valence-corrected chi connectivity index (χ4v) is 5.17. The Kier molecular flexibility index (Phi) is 6.04. The molecule has 1 saturated heterocycles. The Balaban J connectivity index is 1.22. The number of imidazole rings is 2. The van der Waals surface area contributed by atoms with E-state index in [0.29, 0.717) is 6.04 Å². The van der Waals surface area contributed by atoms with Crippen molar-refractivity contribution in [1.29, 1.82) is 0 Å². The Bertz CT molecular complexity index is 1580. The summed E-state index contributed by atoms with van der Waals surface area (Å²) in [6.45, 7) is 3.33. The van der Waals surface area contributed by atoms with Crippen molar-refractivity contribution >= 4 is 21.8 Å². The second kappa shape index (κ2) is 9.64. The van der Waals surface area contributed by atoms with Crippen LogP contribution in [0, 0.1) is 11.8 Å². The summed E-state index contributed by atoms with van der Waals surface area (Å²) in [6.07, 6.45) is 7.64. The van der Waals surface area contributed by atoms with Crippen LogP contribution in [-0.2, 0) is 6.42 Å². The highest BCUT2D eigenvalue weighted by Gasteiger charge is 2.25. The van der Waals surface area contributed by atoms with Gasteiger partial charge in [0.25, 0.3) is 0 Å². The molecule has 0 radical (unpaired) electrons. The number of aromatic amines is 2. The van der Waals surface area contributed by atoms with Crippen molar-refractivity contribution in [3.05, 3.63) is 83.6 Å². The second-order valence-electron chi connectivity index (χ2n) is 9.83. The molecule has 6 rings (SSSR count). The van der Waals surface area contributed by atoms with Crippen molar-refractivity contribution in [3.8, 4) is 23.1 Å². The van der Waals surface area contributed by atoms with Crippen LogP contribution < -0.4 is 0 Å². The normalized spacial score (nSPS) is 16.0. The maximum atomic E-state index is 5.01. The number of hydrogen-bond donors (Lipinski definition) is 2. The molecule has 5 heteroatoms. The zero-order chi connectivity index (χ0) is 24.5. The summed E-state index contributed by atoms with van der Waals surface area (Å²) in [7, 11) is 2.18. The summed E-state index contributed by atoms with van der Waals surface area (Å²) in [5.41, 5.74) is 6.35. The average molecular weight is 474 g/mol. The maximum absolute atomic E-state index is 5.01. The van der Waals surface area contributed by atoms with E-state index >= 15 is 0 Å². The van der Waals surface area contributed by atoms with Gasteiger partial charge in [0, 0.05) is 22.9 Å². The van der Waals surface area contributed by atoms with Crippen molar-refractivity contribution in [2.75, 3.05) is 13.6 Å².